The Bertz CT molecular complexity index is 1150. The maximum atomic E-state index is 2.80. The van der Waals surface area contributed by atoms with E-state index >= 15 is 0 Å². The van der Waals surface area contributed by atoms with E-state index in [1.807, 2.05) is 11.1 Å². The van der Waals surface area contributed by atoms with Gasteiger partial charge < -0.3 is 0 Å². The lowest BCUT2D eigenvalue weighted by molar-refractivity contribution is 0.107. The SMILES string of the molecule is CCCCCC1CCCC(CC)(CCC=C(C)C(C)C)CCCCC1=C(C)C(C)C(C(CCCCC)C1CCCCC2CCCC(C)(CCCC1)C2)C1CC1CC. The molecule has 10 unspecified atom stereocenters. The fourth-order valence-electron chi connectivity index (χ4n) is 13.9. The predicted molar refractivity (Wildman–Crippen MR) is 256 cm³/mol. The molecule has 0 aromatic rings. The van der Waals surface area contributed by atoms with Gasteiger partial charge in [-0.3, -0.25) is 0 Å². The maximum absolute atomic E-state index is 2.80. The fourth-order valence-corrected chi connectivity index (χ4v) is 13.9. The van der Waals surface area contributed by atoms with Crippen molar-refractivity contribution in [3.63, 3.8) is 0 Å². The summed E-state index contributed by atoms with van der Waals surface area (Å²) >= 11 is 0. The van der Waals surface area contributed by atoms with Gasteiger partial charge in [-0.2, -0.15) is 0 Å². The molecule has 0 N–H and O–H groups in total. The van der Waals surface area contributed by atoms with Crippen molar-refractivity contribution in [3.05, 3.63) is 22.8 Å². The number of fused-ring (bicyclic) bond motifs is 2. The molecule has 0 amide bonds. The standard InChI is InChI=1S/C57H104/c1-11-15-17-31-50-34-27-41-57(14-4,40-25-28-45(7)44(5)6)39-24-22-35-52(50)46(8)47(9)55(54-42-49(54)13-3)53(36-18-16-12-2)51-32-20-19-29-48-30-26-38-56(10,43-48)37-23-21-33-51/h28,44,47-51,53-55H,11-27,29-43H2,1-10H3. The van der Waals surface area contributed by atoms with Gasteiger partial charge in [-0.05, 0) is 161 Å². The number of hydrogen-bond donors (Lipinski definition) is 0. The van der Waals surface area contributed by atoms with Crippen LogP contribution in [0.3, 0.4) is 0 Å². The normalized spacial score (nSPS) is 33.8. The molecule has 4 aliphatic carbocycles. The molecule has 0 heterocycles. The molecule has 0 spiro atoms. The van der Waals surface area contributed by atoms with E-state index in [1.54, 1.807) is 12.0 Å². The summed E-state index contributed by atoms with van der Waals surface area (Å²) in [6.45, 7) is 25.2. The Labute approximate surface area is 360 Å². The van der Waals surface area contributed by atoms with Crippen LogP contribution >= 0.6 is 0 Å². The quantitative estimate of drug-likeness (QED) is 0.0903. The first kappa shape index (κ1) is 49.1. The summed E-state index contributed by atoms with van der Waals surface area (Å²) in [5.74, 6) is 8.11. The molecule has 0 aromatic carbocycles. The third kappa shape index (κ3) is 15.4. The molecular formula is C57H104. The highest BCUT2D eigenvalue weighted by Crippen LogP contribution is 2.57. The van der Waals surface area contributed by atoms with Crippen LogP contribution in [0.5, 0.6) is 0 Å². The van der Waals surface area contributed by atoms with Crippen molar-refractivity contribution in [2.45, 2.75) is 275 Å². The molecule has 0 radical (unpaired) electrons. The Morgan fingerprint density at radius 1 is 0.737 bits per heavy atom. The van der Waals surface area contributed by atoms with Crippen molar-refractivity contribution < 1.29 is 0 Å². The first-order valence-corrected chi connectivity index (χ1v) is 26.9. The average Bonchev–Trinajstić information content (AvgIpc) is 3.98. The van der Waals surface area contributed by atoms with Crippen molar-refractivity contribution in [3.8, 4) is 0 Å². The summed E-state index contributed by atoms with van der Waals surface area (Å²) in [5, 5.41) is 0. The van der Waals surface area contributed by atoms with Crippen molar-refractivity contribution in [1.29, 1.82) is 0 Å². The topological polar surface area (TPSA) is 0 Å². The highest BCUT2D eigenvalue weighted by Gasteiger charge is 2.48. The second-order valence-corrected chi connectivity index (χ2v) is 22.7. The summed E-state index contributed by atoms with van der Waals surface area (Å²) in [6, 6.07) is 0. The van der Waals surface area contributed by atoms with Crippen molar-refractivity contribution in [2.75, 3.05) is 0 Å². The first-order valence-electron chi connectivity index (χ1n) is 26.9. The lowest BCUT2D eigenvalue weighted by atomic mass is 9.64. The van der Waals surface area contributed by atoms with E-state index in [1.165, 1.54) is 199 Å². The molecule has 0 heteroatoms. The Kier molecular flexibility index (Phi) is 21.9. The van der Waals surface area contributed by atoms with E-state index in [-0.39, 0.29) is 0 Å². The van der Waals surface area contributed by atoms with E-state index < -0.39 is 0 Å². The molecule has 4 rings (SSSR count). The van der Waals surface area contributed by atoms with Crippen LogP contribution in [0, 0.1) is 64.1 Å². The van der Waals surface area contributed by atoms with Crippen molar-refractivity contribution >= 4 is 0 Å². The Morgan fingerprint density at radius 2 is 1.39 bits per heavy atom. The summed E-state index contributed by atoms with van der Waals surface area (Å²) in [4.78, 5) is 0. The molecule has 332 valence electrons. The summed E-state index contributed by atoms with van der Waals surface area (Å²) in [7, 11) is 0. The van der Waals surface area contributed by atoms with Gasteiger partial charge in [0.2, 0.25) is 0 Å². The molecule has 0 nitrogen and oxygen atoms in total. The van der Waals surface area contributed by atoms with Crippen LogP contribution in [0.25, 0.3) is 0 Å². The molecule has 0 saturated heterocycles. The fraction of sp³-hybridized carbons (Fsp3) is 0.930. The van der Waals surface area contributed by atoms with Crippen LogP contribution in [0.1, 0.15) is 275 Å². The summed E-state index contributed by atoms with van der Waals surface area (Å²) in [5.41, 5.74) is 6.71. The molecule has 57 heavy (non-hydrogen) atoms. The third-order valence-electron chi connectivity index (χ3n) is 18.3. The Balaban J connectivity index is 1.62. The van der Waals surface area contributed by atoms with Gasteiger partial charge in [0.1, 0.15) is 0 Å². The number of rotatable bonds is 19. The molecule has 0 aliphatic heterocycles. The zero-order valence-electron chi connectivity index (χ0n) is 40.9. The van der Waals surface area contributed by atoms with Crippen LogP contribution in [0.15, 0.2) is 22.8 Å². The van der Waals surface area contributed by atoms with Crippen LogP contribution in [-0.2, 0) is 0 Å². The van der Waals surface area contributed by atoms with E-state index in [2.05, 4.69) is 75.3 Å². The van der Waals surface area contributed by atoms with Crippen LogP contribution < -0.4 is 0 Å². The van der Waals surface area contributed by atoms with Crippen LogP contribution in [-0.4, -0.2) is 0 Å². The van der Waals surface area contributed by atoms with Gasteiger partial charge in [-0.15, -0.1) is 0 Å². The summed E-state index contributed by atoms with van der Waals surface area (Å²) in [6.07, 6.45) is 49.5. The zero-order valence-corrected chi connectivity index (χ0v) is 40.9. The Hall–Kier alpha value is -0.520. The van der Waals surface area contributed by atoms with Gasteiger partial charge >= 0.3 is 0 Å². The molecule has 0 aromatic heterocycles. The maximum Gasteiger partial charge on any atom is -0.0198 e. The molecule has 4 fully saturated rings. The van der Waals surface area contributed by atoms with Gasteiger partial charge in [-0.25, -0.2) is 0 Å². The predicted octanol–water partition coefficient (Wildman–Crippen LogP) is 19.5. The van der Waals surface area contributed by atoms with E-state index in [0.29, 0.717) is 16.7 Å². The highest BCUT2D eigenvalue weighted by molar-refractivity contribution is 5.20. The van der Waals surface area contributed by atoms with Crippen molar-refractivity contribution in [1.82, 2.24) is 0 Å². The number of hydrogen-bond acceptors (Lipinski definition) is 0. The lowest BCUT2D eigenvalue weighted by Crippen LogP contribution is -2.32. The number of unbranched alkanes of at least 4 members (excludes halogenated alkanes) is 4. The smallest absolute Gasteiger partial charge is 0.0198 e. The van der Waals surface area contributed by atoms with Gasteiger partial charge in [-0.1, -0.05) is 200 Å². The largest absolute Gasteiger partial charge is 0.0853 e. The van der Waals surface area contributed by atoms with Crippen molar-refractivity contribution in [2.24, 2.45) is 64.1 Å². The second-order valence-electron chi connectivity index (χ2n) is 22.7. The molecule has 10 atom stereocenters. The average molecular weight is 789 g/mol. The van der Waals surface area contributed by atoms with Crippen LogP contribution in [0.2, 0.25) is 0 Å². The Morgan fingerprint density at radius 3 is 2.09 bits per heavy atom. The van der Waals surface area contributed by atoms with Gasteiger partial charge in [0.25, 0.3) is 0 Å². The van der Waals surface area contributed by atoms with Crippen LogP contribution in [0.4, 0.5) is 0 Å². The molecular weight excluding hydrogens is 685 g/mol. The number of allylic oxidation sites excluding steroid dienone is 4. The van der Waals surface area contributed by atoms with E-state index in [4.69, 9.17) is 0 Å². The minimum atomic E-state index is 0.563. The lowest BCUT2D eigenvalue weighted by Gasteiger charge is -2.42. The van der Waals surface area contributed by atoms with E-state index in [9.17, 15) is 0 Å². The minimum absolute atomic E-state index is 0.563. The monoisotopic (exact) mass is 789 g/mol. The molecule has 4 aliphatic rings. The molecule has 4 saturated carbocycles. The summed E-state index contributed by atoms with van der Waals surface area (Å²) < 4.78 is 0. The first-order chi connectivity index (χ1) is 27.5. The van der Waals surface area contributed by atoms with Gasteiger partial charge in [0.05, 0.1) is 0 Å². The third-order valence-corrected chi connectivity index (χ3v) is 18.3. The second kappa shape index (κ2) is 25.4. The highest BCUT2D eigenvalue weighted by atomic mass is 14.5. The minimum Gasteiger partial charge on any atom is -0.0853 e. The van der Waals surface area contributed by atoms with E-state index in [0.717, 1.165) is 47.3 Å². The van der Waals surface area contributed by atoms with Gasteiger partial charge in [0.15, 0.2) is 0 Å². The molecule has 2 bridgehead atoms. The zero-order chi connectivity index (χ0) is 41.3. The van der Waals surface area contributed by atoms with Gasteiger partial charge in [0, 0.05) is 0 Å².